The van der Waals surface area contributed by atoms with Gasteiger partial charge in [-0.2, -0.15) is 0 Å². The zero-order chi connectivity index (χ0) is 10.2. The van der Waals surface area contributed by atoms with Gasteiger partial charge < -0.3 is 19.5 Å². The molecule has 0 bridgehead atoms. The molecular formula is C9H15NO4. The standard InChI is InChI=1S/C9H15NO4/c1-12-9(11)2-3-10-8-6-13-4-5-14-7-8/h2-3,8,10H,4-7H2,1H3/b3-2+. The second-order valence-electron chi connectivity index (χ2n) is 2.87. The Morgan fingerprint density at radius 2 is 2.07 bits per heavy atom. The maximum atomic E-state index is 10.7. The number of ether oxygens (including phenoxy) is 3. The molecule has 0 atom stereocenters. The van der Waals surface area contributed by atoms with Gasteiger partial charge >= 0.3 is 5.97 Å². The van der Waals surface area contributed by atoms with Crippen LogP contribution in [0, 0.1) is 0 Å². The first kappa shape index (κ1) is 11.0. The Morgan fingerprint density at radius 3 is 2.64 bits per heavy atom. The van der Waals surface area contributed by atoms with Crippen LogP contribution >= 0.6 is 0 Å². The molecule has 1 fully saturated rings. The van der Waals surface area contributed by atoms with E-state index in [9.17, 15) is 4.79 Å². The summed E-state index contributed by atoms with van der Waals surface area (Å²) in [6, 6.07) is 0.0957. The highest BCUT2D eigenvalue weighted by Gasteiger charge is 2.10. The van der Waals surface area contributed by atoms with Crippen LogP contribution in [0.2, 0.25) is 0 Å². The molecule has 0 saturated carbocycles. The fourth-order valence-electron chi connectivity index (χ4n) is 1.03. The topological polar surface area (TPSA) is 56.8 Å². The maximum absolute atomic E-state index is 10.7. The Kier molecular flexibility index (Phi) is 5.03. The van der Waals surface area contributed by atoms with Crippen molar-refractivity contribution in [1.29, 1.82) is 0 Å². The highest BCUT2D eigenvalue weighted by Crippen LogP contribution is 1.94. The smallest absolute Gasteiger partial charge is 0.331 e. The first-order valence-corrected chi connectivity index (χ1v) is 4.49. The minimum absolute atomic E-state index is 0.0957. The molecule has 0 amide bonds. The summed E-state index contributed by atoms with van der Waals surface area (Å²) in [4.78, 5) is 10.7. The first-order valence-electron chi connectivity index (χ1n) is 4.49. The summed E-state index contributed by atoms with van der Waals surface area (Å²) in [5, 5.41) is 3.00. The van der Waals surface area contributed by atoms with Gasteiger partial charge in [0.05, 0.1) is 39.6 Å². The molecule has 0 aliphatic carbocycles. The number of esters is 1. The first-order chi connectivity index (χ1) is 6.83. The van der Waals surface area contributed by atoms with Gasteiger partial charge in [0.15, 0.2) is 0 Å². The van der Waals surface area contributed by atoms with Crippen molar-refractivity contribution in [2.45, 2.75) is 6.04 Å². The fraction of sp³-hybridized carbons (Fsp3) is 0.667. The van der Waals surface area contributed by atoms with Crippen LogP contribution in [0.1, 0.15) is 0 Å². The van der Waals surface area contributed by atoms with Gasteiger partial charge in [-0.05, 0) is 0 Å². The monoisotopic (exact) mass is 201 g/mol. The van der Waals surface area contributed by atoms with Gasteiger partial charge in [0, 0.05) is 12.3 Å². The third-order valence-corrected chi connectivity index (χ3v) is 1.76. The lowest BCUT2D eigenvalue weighted by atomic mass is 10.3. The molecule has 14 heavy (non-hydrogen) atoms. The molecule has 1 aliphatic heterocycles. The number of nitrogens with one attached hydrogen (secondary N) is 1. The van der Waals surface area contributed by atoms with E-state index in [0.717, 1.165) is 0 Å². The molecule has 0 aromatic rings. The molecule has 1 saturated heterocycles. The summed E-state index contributed by atoms with van der Waals surface area (Å²) in [6.45, 7) is 2.43. The Hall–Kier alpha value is -1.07. The van der Waals surface area contributed by atoms with Gasteiger partial charge in [0.2, 0.25) is 0 Å². The van der Waals surface area contributed by atoms with Crippen LogP contribution in [0.5, 0.6) is 0 Å². The number of methoxy groups -OCH3 is 1. The number of carbonyl (C=O) groups is 1. The summed E-state index contributed by atoms with van der Waals surface area (Å²) in [6.07, 6.45) is 2.87. The molecule has 0 radical (unpaired) electrons. The lowest BCUT2D eigenvalue weighted by molar-refractivity contribution is -0.134. The van der Waals surface area contributed by atoms with E-state index in [-0.39, 0.29) is 12.0 Å². The van der Waals surface area contributed by atoms with E-state index in [2.05, 4.69) is 10.1 Å². The molecule has 1 rings (SSSR count). The van der Waals surface area contributed by atoms with Crippen LogP contribution in [0.25, 0.3) is 0 Å². The Labute approximate surface area is 83.0 Å². The van der Waals surface area contributed by atoms with Gasteiger partial charge in [0.1, 0.15) is 0 Å². The molecule has 1 heterocycles. The van der Waals surface area contributed by atoms with Crippen molar-refractivity contribution >= 4 is 5.97 Å². The van der Waals surface area contributed by atoms with Gasteiger partial charge in [-0.1, -0.05) is 0 Å². The second kappa shape index (κ2) is 6.39. The predicted molar refractivity (Wildman–Crippen MR) is 49.7 cm³/mol. The highest BCUT2D eigenvalue weighted by atomic mass is 16.5. The van der Waals surface area contributed by atoms with Crippen LogP contribution in [-0.4, -0.2) is 45.5 Å². The molecule has 5 nitrogen and oxygen atoms in total. The summed E-state index contributed by atoms with van der Waals surface area (Å²) in [7, 11) is 1.34. The van der Waals surface area contributed by atoms with E-state index in [4.69, 9.17) is 9.47 Å². The van der Waals surface area contributed by atoms with Crippen LogP contribution in [0.4, 0.5) is 0 Å². The molecule has 1 aliphatic rings. The Morgan fingerprint density at radius 1 is 1.43 bits per heavy atom. The molecule has 80 valence electrons. The van der Waals surface area contributed by atoms with Gasteiger partial charge in [-0.3, -0.25) is 0 Å². The number of rotatable bonds is 3. The maximum Gasteiger partial charge on any atom is 0.331 e. The molecule has 0 aromatic heterocycles. The summed E-state index contributed by atoms with van der Waals surface area (Å²) < 4.78 is 14.9. The number of hydrogen-bond donors (Lipinski definition) is 1. The minimum Gasteiger partial charge on any atom is -0.466 e. The van der Waals surface area contributed by atoms with Gasteiger partial charge in [0.25, 0.3) is 0 Å². The molecule has 0 aromatic carbocycles. The van der Waals surface area contributed by atoms with Crippen LogP contribution in [0.15, 0.2) is 12.3 Å². The minimum atomic E-state index is -0.382. The predicted octanol–water partition coefficient (Wildman–Crippen LogP) is -0.322. The third kappa shape index (κ3) is 4.25. The largest absolute Gasteiger partial charge is 0.466 e. The average molecular weight is 201 g/mol. The van der Waals surface area contributed by atoms with E-state index in [1.807, 2.05) is 0 Å². The third-order valence-electron chi connectivity index (χ3n) is 1.76. The van der Waals surface area contributed by atoms with Crippen molar-refractivity contribution in [3.8, 4) is 0 Å². The summed E-state index contributed by atoms with van der Waals surface area (Å²) in [5.41, 5.74) is 0. The average Bonchev–Trinajstić information content (AvgIpc) is 2.46. The molecular weight excluding hydrogens is 186 g/mol. The van der Waals surface area contributed by atoms with Crippen molar-refractivity contribution in [1.82, 2.24) is 5.32 Å². The van der Waals surface area contributed by atoms with Crippen molar-refractivity contribution < 1.29 is 19.0 Å². The zero-order valence-electron chi connectivity index (χ0n) is 8.19. The molecule has 0 spiro atoms. The van der Waals surface area contributed by atoms with Crippen LogP contribution in [0.3, 0.4) is 0 Å². The van der Waals surface area contributed by atoms with E-state index < -0.39 is 0 Å². The lowest BCUT2D eigenvalue weighted by Gasteiger charge is -2.12. The highest BCUT2D eigenvalue weighted by molar-refractivity contribution is 5.81. The van der Waals surface area contributed by atoms with E-state index in [1.165, 1.54) is 13.2 Å². The lowest BCUT2D eigenvalue weighted by Crippen LogP contribution is -2.32. The van der Waals surface area contributed by atoms with Crippen LogP contribution < -0.4 is 5.32 Å². The van der Waals surface area contributed by atoms with Gasteiger partial charge in [-0.15, -0.1) is 0 Å². The SMILES string of the molecule is COC(=O)/C=C/NC1COCCOC1. The molecule has 0 unspecified atom stereocenters. The fourth-order valence-corrected chi connectivity index (χ4v) is 1.03. The Bertz CT molecular complexity index is 197. The van der Waals surface area contributed by atoms with Crippen molar-refractivity contribution in [3.05, 3.63) is 12.3 Å². The van der Waals surface area contributed by atoms with Crippen LogP contribution in [-0.2, 0) is 19.0 Å². The number of hydrogen-bond acceptors (Lipinski definition) is 5. The quantitative estimate of drug-likeness (QED) is 0.501. The normalized spacial score (nSPS) is 19.2. The number of carbonyl (C=O) groups excluding carboxylic acids is 1. The second-order valence-corrected chi connectivity index (χ2v) is 2.87. The van der Waals surface area contributed by atoms with Crippen molar-refractivity contribution in [2.24, 2.45) is 0 Å². The van der Waals surface area contributed by atoms with E-state index >= 15 is 0 Å². The Balaban J connectivity index is 2.21. The van der Waals surface area contributed by atoms with Gasteiger partial charge in [-0.25, -0.2) is 4.79 Å². The van der Waals surface area contributed by atoms with Crippen molar-refractivity contribution in [3.63, 3.8) is 0 Å². The van der Waals surface area contributed by atoms with E-state index in [0.29, 0.717) is 26.4 Å². The van der Waals surface area contributed by atoms with Crippen molar-refractivity contribution in [2.75, 3.05) is 33.5 Å². The summed E-state index contributed by atoms with van der Waals surface area (Å²) in [5.74, 6) is -0.382. The zero-order valence-corrected chi connectivity index (χ0v) is 8.19. The molecule has 1 N–H and O–H groups in total. The summed E-state index contributed by atoms with van der Waals surface area (Å²) >= 11 is 0. The van der Waals surface area contributed by atoms with E-state index in [1.54, 1.807) is 6.20 Å². The molecule has 5 heteroatoms.